The monoisotopic (exact) mass is 384 g/mol. The number of esters is 1. The van der Waals surface area contributed by atoms with E-state index < -0.39 is 28.7 Å². The minimum absolute atomic E-state index is 0.0240. The minimum Gasteiger partial charge on any atom is -0.452 e. The number of amides is 2. The summed E-state index contributed by atoms with van der Waals surface area (Å²) in [5, 5.41) is 4.72. The fourth-order valence-electron chi connectivity index (χ4n) is 1.79. The van der Waals surface area contributed by atoms with E-state index >= 15 is 0 Å². The lowest BCUT2D eigenvalue weighted by atomic mass is 10.1. The van der Waals surface area contributed by atoms with Crippen molar-refractivity contribution in [1.82, 2.24) is 5.32 Å². The van der Waals surface area contributed by atoms with Crippen LogP contribution in [0, 0.1) is 5.82 Å². The molecule has 0 aliphatic rings. The molecular formula is C18H25FN2O4S. The smallest absolute Gasteiger partial charge is 0.319 e. The predicted octanol–water partition coefficient (Wildman–Crippen LogP) is 2.73. The van der Waals surface area contributed by atoms with E-state index in [2.05, 4.69) is 10.6 Å². The summed E-state index contributed by atoms with van der Waals surface area (Å²) in [5.74, 6) is -1.63. The van der Waals surface area contributed by atoms with Crippen molar-refractivity contribution in [3.05, 3.63) is 30.1 Å². The van der Waals surface area contributed by atoms with Crippen LogP contribution >= 0.6 is 11.8 Å². The number of benzene rings is 1. The Morgan fingerprint density at radius 1 is 1.15 bits per heavy atom. The number of carbonyl (C=O) groups is 3. The molecule has 0 spiro atoms. The number of ether oxygens (including phenoxy) is 1. The molecule has 26 heavy (non-hydrogen) atoms. The predicted molar refractivity (Wildman–Crippen MR) is 100 cm³/mol. The molecule has 1 aromatic carbocycles. The van der Waals surface area contributed by atoms with Gasteiger partial charge in [0.25, 0.3) is 5.91 Å². The summed E-state index contributed by atoms with van der Waals surface area (Å²) < 4.78 is 18.0. The summed E-state index contributed by atoms with van der Waals surface area (Å²) in [4.78, 5) is 35.8. The summed E-state index contributed by atoms with van der Waals surface area (Å²) in [6.07, 6.45) is -0.919. The second-order valence-electron chi connectivity index (χ2n) is 6.83. The second-order valence-corrected chi connectivity index (χ2v) is 8.16. The molecular weight excluding hydrogens is 359 g/mol. The highest BCUT2D eigenvalue weighted by Gasteiger charge is 2.25. The fraction of sp³-hybridized carbons (Fsp3) is 0.500. The first kappa shape index (κ1) is 22.0. The van der Waals surface area contributed by atoms with Gasteiger partial charge in [0, 0.05) is 11.2 Å². The molecule has 8 heteroatoms. The lowest BCUT2D eigenvalue weighted by Gasteiger charge is -2.23. The van der Waals surface area contributed by atoms with Gasteiger partial charge in [-0.1, -0.05) is 0 Å². The van der Waals surface area contributed by atoms with E-state index in [1.165, 1.54) is 31.2 Å². The molecule has 0 fully saturated rings. The van der Waals surface area contributed by atoms with Crippen molar-refractivity contribution >= 4 is 35.2 Å². The first-order valence-corrected chi connectivity index (χ1v) is 9.22. The normalized spacial score (nSPS) is 13.5. The summed E-state index contributed by atoms with van der Waals surface area (Å²) in [5.41, 5.74) is 0.0519. The molecule has 0 bridgehead atoms. The number of thioether (sulfide) groups is 1. The van der Waals surface area contributed by atoms with Crippen molar-refractivity contribution in [2.45, 2.75) is 51.5 Å². The van der Waals surface area contributed by atoms with Crippen molar-refractivity contribution in [1.29, 1.82) is 0 Å². The zero-order valence-electron chi connectivity index (χ0n) is 15.6. The van der Waals surface area contributed by atoms with Crippen LogP contribution in [-0.2, 0) is 19.1 Å². The van der Waals surface area contributed by atoms with Crippen LogP contribution < -0.4 is 10.6 Å². The fourth-order valence-corrected chi connectivity index (χ4v) is 2.46. The Hall–Kier alpha value is -2.09. The van der Waals surface area contributed by atoms with Crippen LogP contribution in [0.2, 0.25) is 0 Å². The third kappa shape index (κ3) is 8.33. The Kier molecular flexibility index (Phi) is 8.08. The van der Waals surface area contributed by atoms with Crippen LogP contribution in [-0.4, -0.2) is 40.4 Å². The first-order chi connectivity index (χ1) is 12.0. The van der Waals surface area contributed by atoms with Crippen molar-refractivity contribution < 1.29 is 23.5 Å². The number of halogens is 1. The topological polar surface area (TPSA) is 84.5 Å². The van der Waals surface area contributed by atoms with E-state index in [4.69, 9.17) is 4.74 Å². The Morgan fingerprint density at radius 2 is 1.73 bits per heavy atom. The molecule has 0 heterocycles. The van der Waals surface area contributed by atoms with Crippen LogP contribution in [0.25, 0.3) is 0 Å². The summed E-state index contributed by atoms with van der Waals surface area (Å²) in [7, 11) is 0. The summed E-state index contributed by atoms with van der Waals surface area (Å²) >= 11 is 1.09. The zero-order chi connectivity index (χ0) is 19.9. The highest BCUT2D eigenvalue weighted by atomic mass is 32.2. The molecule has 1 aromatic rings. The molecule has 6 nitrogen and oxygen atoms in total. The standard InChI is InChI=1S/C18H25FN2O4S/c1-11(16(23)21-18(3,4)5)25-17(24)12(2)26-10-15(22)20-14-8-6-13(19)7-9-14/h6-9,11-12H,10H2,1-5H3,(H,20,22)(H,21,23). The number of anilines is 1. The second kappa shape index (κ2) is 9.56. The molecule has 0 saturated carbocycles. The third-order valence-corrected chi connectivity index (χ3v) is 4.21. The van der Waals surface area contributed by atoms with Crippen LogP contribution in [0.3, 0.4) is 0 Å². The third-order valence-electron chi connectivity index (χ3n) is 3.08. The van der Waals surface area contributed by atoms with E-state index in [1.54, 1.807) is 6.92 Å². The van der Waals surface area contributed by atoms with Crippen LogP contribution in [0.4, 0.5) is 10.1 Å². The van der Waals surface area contributed by atoms with Gasteiger partial charge in [-0.2, -0.15) is 0 Å². The summed E-state index contributed by atoms with van der Waals surface area (Å²) in [6, 6.07) is 5.38. The van der Waals surface area contributed by atoms with Gasteiger partial charge in [-0.3, -0.25) is 14.4 Å². The highest BCUT2D eigenvalue weighted by Crippen LogP contribution is 2.15. The quantitative estimate of drug-likeness (QED) is 0.706. The Bertz CT molecular complexity index is 644. The van der Waals surface area contributed by atoms with Gasteiger partial charge in [0.2, 0.25) is 5.91 Å². The maximum Gasteiger partial charge on any atom is 0.319 e. The Labute approximate surface area is 157 Å². The van der Waals surface area contributed by atoms with E-state index in [0.717, 1.165) is 11.8 Å². The van der Waals surface area contributed by atoms with Crippen molar-refractivity contribution in [2.24, 2.45) is 0 Å². The molecule has 2 unspecified atom stereocenters. The lowest BCUT2D eigenvalue weighted by molar-refractivity contribution is -0.154. The zero-order valence-corrected chi connectivity index (χ0v) is 16.4. The van der Waals surface area contributed by atoms with Crippen molar-refractivity contribution in [3.63, 3.8) is 0 Å². The van der Waals surface area contributed by atoms with Crippen molar-refractivity contribution in [3.8, 4) is 0 Å². The number of nitrogens with one attached hydrogen (secondary N) is 2. The van der Waals surface area contributed by atoms with Crippen LogP contribution in [0.15, 0.2) is 24.3 Å². The number of hydrogen-bond acceptors (Lipinski definition) is 5. The van der Waals surface area contributed by atoms with Gasteiger partial charge < -0.3 is 15.4 Å². The SMILES string of the molecule is CC(OC(=O)C(C)SCC(=O)Nc1ccc(F)cc1)C(=O)NC(C)(C)C. The van der Waals surface area contributed by atoms with Crippen LogP contribution in [0.5, 0.6) is 0 Å². The molecule has 2 amide bonds. The molecule has 144 valence electrons. The van der Waals surface area contributed by atoms with E-state index in [-0.39, 0.29) is 17.6 Å². The van der Waals surface area contributed by atoms with E-state index in [1.807, 2.05) is 20.8 Å². The summed E-state index contributed by atoms with van der Waals surface area (Å²) in [6.45, 7) is 8.59. The maximum absolute atomic E-state index is 12.8. The van der Waals surface area contributed by atoms with Crippen LogP contribution in [0.1, 0.15) is 34.6 Å². The first-order valence-electron chi connectivity index (χ1n) is 8.17. The average Bonchev–Trinajstić information content (AvgIpc) is 2.53. The van der Waals surface area contributed by atoms with Gasteiger partial charge in [-0.25, -0.2) is 4.39 Å². The maximum atomic E-state index is 12.8. The number of rotatable bonds is 7. The number of hydrogen-bond donors (Lipinski definition) is 2. The van der Waals surface area contributed by atoms with Gasteiger partial charge in [-0.15, -0.1) is 11.8 Å². The molecule has 0 aliphatic heterocycles. The van der Waals surface area contributed by atoms with Gasteiger partial charge in [-0.05, 0) is 58.9 Å². The lowest BCUT2D eigenvalue weighted by Crippen LogP contribution is -2.46. The molecule has 0 aromatic heterocycles. The molecule has 0 saturated heterocycles. The molecule has 2 N–H and O–H groups in total. The number of carbonyl (C=O) groups excluding carboxylic acids is 3. The molecule has 1 rings (SSSR count). The molecule has 0 aliphatic carbocycles. The molecule has 2 atom stereocenters. The van der Waals surface area contributed by atoms with Gasteiger partial charge in [0.1, 0.15) is 11.1 Å². The van der Waals surface area contributed by atoms with Gasteiger partial charge in [0.15, 0.2) is 6.10 Å². The molecule has 0 radical (unpaired) electrons. The average molecular weight is 384 g/mol. The largest absolute Gasteiger partial charge is 0.452 e. The Morgan fingerprint density at radius 3 is 2.27 bits per heavy atom. The van der Waals surface area contributed by atoms with E-state index in [0.29, 0.717) is 5.69 Å². The Balaban J connectivity index is 2.40. The van der Waals surface area contributed by atoms with Gasteiger partial charge in [0.05, 0.1) is 5.75 Å². The van der Waals surface area contributed by atoms with E-state index in [9.17, 15) is 18.8 Å². The van der Waals surface area contributed by atoms with Gasteiger partial charge >= 0.3 is 5.97 Å². The highest BCUT2D eigenvalue weighted by molar-refractivity contribution is 8.01. The van der Waals surface area contributed by atoms with Crippen molar-refractivity contribution in [2.75, 3.05) is 11.1 Å². The minimum atomic E-state index is -0.919.